The van der Waals surface area contributed by atoms with Gasteiger partial charge in [0.05, 0.1) is 16.6 Å². The first-order valence-electron chi connectivity index (χ1n) is 8.78. The Morgan fingerprint density at radius 1 is 0.963 bits per heavy atom. The maximum atomic E-state index is 13.3. The van der Waals surface area contributed by atoms with Crippen molar-refractivity contribution in [1.82, 2.24) is 9.55 Å². The van der Waals surface area contributed by atoms with Crippen LogP contribution >= 0.6 is 11.6 Å². The molecule has 3 nitrogen and oxygen atoms in total. The average Bonchev–Trinajstić information content (AvgIpc) is 3.17. The molecule has 0 aliphatic heterocycles. The summed E-state index contributed by atoms with van der Waals surface area (Å²) >= 11 is 6.04. The molecule has 0 fully saturated rings. The van der Waals surface area contributed by atoms with Crippen LogP contribution in [0.3, 0.4) is 0 Å². The van der Waals surface area contributed by atoms with Gasteiger partial charge in [0.1, 0.15) is 5.82 Å². The van der Waals surface area contributed by atoms with Crippen molar-refractivity contribution >= 4 is 28.6 Å². The van der Waals surface area contributed by atoms with E-state index in [4.69, 9.17) is 16.6 Å². The largest absolute Gasteiger partial charge is 0.268 e. The van der Waals surface area contributed by atoms with Crippen LogP contribution in [0.1, 0.15) is 11.1 Å². The Balaban J connectivity index is 1.85. The van der Waals surface area contributed by atoms with Crippen molar-refractivity contribution in [3.05, 3.63) is 99.3 Å². The van der Waals surface area contributed by atoms with Crippen LogP contribution in [0, 0.1) is 0 Å². The number of hydrogen-bond donors (Lipinski definition) is 0. The Bertz CT molecular complexity index is 1270. The predicted octanol–water partition coefficient (Wildman–Crippen LogP) is 5.28. The zero-order chi connectivity index (χ0) is 18.4. The van der Waals surface area contributed by atoms with E-state index < -0.39 is 0 Å². The van der Waals surface area contributed by atoms with E-state index in [0.717, 1.165) is 17.7 Å². The maximum Gasteiger partial charge on any atom is 0.266 e. The van der Waals surface area contributed by atoms with E-state index >= 15 is 0 Å². The Morgan fingerprint density at radius 3 is 2.63 bits per heavy atom. The molecule has 0 atom stereocenters. The highest BCUT2D eigenvalue weighted by Crippen LogP contribution is 2.28. The van der Waals surface area contributed by atoms with Crippen LogP contribution in [0.5, 0.6) is 0 Å². The normalized spacial score (nSPS) is 12.5. The number of nitrogens with zero attached hydrogens (tertiary/aromatic N) is 2. The van der Waals surface area contributed by atoms with Gasteiger partial charge in [-0.3, -0.25) is 9.36 Å². The zero-order valence-corrected chi connectivity index (χ0v) is 15.1. The Hall–Kier alpha value is -3.17. The molecule has 27 heavy (non-hydrogen) atoms. The van der Waals surface area contributed by atoms with E-state index in [9.17, 15) is 4.79 Å². The Kier molecular flexibility index (Phi) is 3.69. The first kappa shape index (κ1) is 16.0. The first-order chi connectivity index (χ1) is 13.2. The molecule has 0 spiro atoms. The van der Waals surface area contributed by atoms with E-state index in [2.05, 4.69) is 24.3 Å². The molecule has 130 valence electrons. The van der Waals surface area contributed by atoms with Crippen molar-refractivity contribution in [2.75, 3.05) is 0 Å². The second-order valence-corrected chi connectivity index (χ2v) is 7.03. The van der Waals surface area contributed by atoms with Crippen LogP contribution < -0.4 is 5.56 Å². The molecule has 3 aromatic carbocycles. The number of fused-ring (bicyclic) bond motifs is 2. The molecule has 0 saturated carbocycles. The number of para-hydroxylation sites is 1. The van der Waals surface area contributed by atoms with Crippen LogP contribution in [0.2, 0.25) is 5.02 Å². The van der Waals surface area contributed by atoms with E-state index in [1.165, 1.54) is 11.1 Å². The molecule has 4 aromatic rings. The fraction of sp³-hybridized carbons (Fsp3) is 0.0435. The lowest BCUT2D eigenvalue weighted by atomic mass is 10.0. The van der Waals surface area contributed by atoms with E-state index in [1.54, 1.807) is 16.7 Å². The predicted molar refractivity (Wildman–Crippen MR) is 111 cm³/mol. The Labute approximate surface area is 161 Å². The summed E-state index contributed by atoms with van der Waals surface area (Å²) in [5.41, 5.74) is 4.73. The fourth-order valence-electron chi connectivity index (χ4n) is 3.54. The number of halogens is 1. The van der Waals surface area contributed by atoms with Gasteiger partial charge in [-0.15, -0.1) is 0 Å². The summed E-state index contributed by atoms with van der Waals surface area (Å²) in [6.45, 7) is 0. The standard InChI is InChI=1S/C23H15ClN2O/c24-18-10-12-19(13-11-18)26-22(17-9-8-15-4-3-5-16(15)14-17)25-21-7-2-1-6-20(21)23(26)27/h1-3,5-14H,4H2. The smallest absolute Gasteiger partial charge is 0.266 e. The third-order valence-electron chi connectivity index (χ3n) is 4.90. The lowest BCUT2D eigenvalue weighted by Gasteiger charge is -2.15. The molecule has 0 N–H and O–H groups in total. The number of aromatic nitrogens is 2. The average molecular weight is 371 g/mol. The highest BCUT2D eigenvalue weighted by molar-refractivity contribution is 6.30. The van der Waals surface area contributed by atoms with Gasteiger partial charge >= 0.3 is 0 Å². The molecule has 1 aromatic heterocycles. The van der Waals surface area contributed by atoms with E-state index in [-0.39, 0.29) is 5.56 Å². The van der Waals surface area contributed by atoms with Crippen LogP contribution in [0.25, 0.3) is 34.1 Å². The summed E-state index contributed by atoms with van der Waals surface area (Å²) in [6.07, 6.45) is 5.21. The number of allylic oxidation sites excluding steroid dienone is 1. The van der Waals surface area contributed by atoms with Gasteiger partial charge in [0.15, 0.2) is 0 Å². The van der Waals surface area contributed by atoms with Crippen LogP contribution in [-0.2, 0) is 6.42 Å². The summed E-state index contributed by atoms with van der Waals surface area (Å²) in [6, 6.07) is 20.9. The lowest BCUT2D eigenvalue weighted by Crippen LogP contribution is -2.22. The minimum Gasteiger partial charge on any atom is -0.268 e. The molecule has 5 rings (SSSR count). The molecule has 0 amide bonds. The fourth-order valence-corrected chi connectivity index (χ4v) is 3.67. The van der Waals surface area contributed by atoms with Crippen molar-refractivity contribution in [1.29, 1.82) is 0 Å². The second-order valence-electron chi connectivity index (χ2n) is 6.59. The molecule has 0 unspecified atom stereocenters. The van der Waals surface area contributed by atoms with Crippen molar-refractivity contribution in [3.63, 3.8) is 0 Å². The van der Waals surface area contributed by atoms with Crippen LogP contribution in [-0.4, -0.2) is 9.55 Å². The summed E-state index contributed by atoms with van der Waals surface area (Å²) in [5, 5.41) is 1.22. The zero-order valence-electron chi connectivity index (χ0n) is 14.4. The number of hydrogen-bond acceptors (Lipinski definition) is 2. The molecule has 0 radical (unpaired) electrons. The summed E-state index contributed by atoms with van der Waals surface area (Å²) in [7, 11) is 0. The topological polar surface area (TPSA) is 34.9 Å². The Morgan fingerprint density at radius 2 is 1.78 bits per heavy atom. The van der Waals surface area contributed by atoms with Gasteiger partial charge in [-0.25, -0.2) is 4.98 Å². The third kappa shape index (κ3) is 2.68. The lowest BCUT2D eigenvalue weighted by molar-refractivity contribution is 0.975. The summed E-state index contributed by atoms with van der Waals surface area (Å²) < 4.78 is 1.67. The van der Waals surface area contributed by atoms with Crippen molar-refractivity contribution in [3.8, 4) is 17.1 Å². The van der Waals surface area contributed by atoms with Crippen LogP contribution in [0.15, 0.2) is 77.6 Å². The molecule has 1 heterocycles. The van der Waals surface area contributed by atoms with E-state index in [0.29, 0.717) is 21.7 Å². The minimum absolute atomic E-state index is 0.0889. The summed E-state index contributed by atoms with van der Waals surface area (Å²) in [4.78, 5) is 18.2. The number of rotatable bonds is 2. The highest BCUT2D eigenvalue weighted by Gasteiger charge is 2.16. The molecule has 0 bridgehead atoms. The van der Waals surface area contributed by atoms with Crippen LogP contribution in [0.4, 0.5) is 0 Å². The monoisotopic (exact) mass is 370 g/mol. The van der Waals surface area contributed by atoms with Gasteiger partial charge in [0, 0.05) is 10.6 Å². The minimum atomic E-state index is -0.0889. The maximum absolute atomic E-state index is 13.3. The van der Waals surface area contributed by atoms with Gasteiger partial charge in [-0.2, -0.15) is 0 Å². The quantitative estimate of drug-likeness (QED) is 0.481. The third-order valence-corrected chi connectivity index (χ3v) is 5.15. The van der Waals surface area contributed by atoms with Gasteiger partial charge < -0.3 is 0 Å². The summed E-state index contributed by atoms with van der Waals surface area (Å²) in [5.74, 6) is 0.629. The van der Waals surface area contributed by atoms with Gasteiger partial charge in [-0.1, -0.05) is 48.0 Å². The molecular weight excluding hydrogens is 356 g/mol. The molecular formula is C23H15ClN2O. The van der Waals surface area contributed by atoms with Crippen molar-refractivity contribution < 1.29 is 0 Å². The molecule has 0 saturated heterocycles. The second kappa shape index (κ2) is 6.22. The van der Waals surface area contributed by atoms with Gasteiger partial charge in [-0.05, 0) is 60.0 Å². The first-order valence-corrected chi connectivity index (χ1v) is 9.16. The highest BCUT2D eigenvalue weighted by atomic mass is 35.5. The van der Waals surface area contributed by atoms with Gasteiger partial charge in [0.25, 0.3) is 5.56 Å². The van der Waals surface area contributed by atoms with Crippen molar-refractivity contribution in [2.45, 2.75) is 6.42 Å². The SMILES string of the molecule is O=c1c2ccccc2nc(-c2ccc3c(c2)C=CC3)n1-c1ccc(Cl)cc1. The van der Waals surface area contributed by atoms with E-state index in [1.807, 2.05) is 42.5 Å². The van der Waals surface area contributed by atoms with Gasteiger partial charge in [0.2, 0.25) is 0 Å². The van der Waals surface area contributed by atoms with Crippen molar-refractivity contribution in [2.24, 2.45) is 0 Å². The number of benzene rings is 3. The molecule has 1 aliphatic rings. The molecule has 1 aliphatic carbocycles. The molecule has 4 heteroatoms.